The standard InChI is InChI=1S/C24H30F2O5/c1-12(27)24-19(30-20(2,3)31-24)10-14-15-9-17(25)16-8-13(28)6-7-21(16,4)23(15,26)18(29)11-22(14,24)5/h6-8,14-15,17-19,29H,9-11H2,1-5H3/t14-,15-,17-,18-,19+,21-,22-,23-,24+/m0/s1. The number of alkyl halides is 2. The van der Waals surface area contributed by atoms with Crippen molar-refractivity contribution in [2.45, 2.75) is 89.3 Å². The van der Waals surface area contributed by atoms with Gasteiger partial charge in [0.25, 0.3) is 0 Å². The average Bonchev–Trinajstić information content (AvgIpc) is 3.06. The van der Waals surface area contributed by atoms with E-state index < -0.39 is 58.1 Å². The highest BCUT2D eigenvalue weighted by Crippen LogP contribution is 2.72. The lowest BCUT2D eigenvalue weighted by Crippen LogP contribution is -2.70. The summed E-state index contributed by atoms with van der Waals surface area (Å²) in [6.07, 6.45) is 0.495. The molecule has 4 fully saturated rings. The topological polar surface area (TPSA) is 72.8 Å². The van der Waals surface area contributed by atoms with E-state index in [4.69, 9.17) is 9.47 Å². The van der Waals surface area contributed by atoms with Crippen LogP contribution in [0.3, 0.4) is 0 Å². The summed E-state index contributed by atoms with van der Waals surface area (Å²) >= 11 is 0. The summed E-state index contributed by atoms with van der Waals surface area (Å²) in [6, 6.07) is 0. The molecule has 3 saturated carbocycles. The molecule has 1 aliphatic heterocycles. The summed E-state index contributed by atoms with van der Waals surface area (Å²) in [7, 11) is 0. The zero-order valence-corrected chi connectivity index (χ0v) is 18.6. The van der Waals surface area contributed by atoms with Crippen molar-refractivity contribution in [2.75, 3.05) is 0 Å². The van der Waals surface area contributed by atoms with Gasteiger partial charge in [-0.2, -0.15) is 0 Å². The molecule has 5 rings (SSSR count). The quantitative estimate of drug-likeness (QED) is 0.682. The number of aliphatic hydroxyl groups excluding tert-OH is 1. The Balaban J connectivity index is 1.66. The summed E-state index contributed by atoms with van der Waals surface area (Å²) in [6.45, 7) is 8.36. The van der Waals surface area contributed by atoms with Gasteiger partial charge >= 0.3 is 0 Å². The lowest BCUT2D eigenvalue weighted by molar-refractivity contribution is -0.247. The van der Waals surface area contributed by atoms with Crippen LogP contribution in [0.15, 0.2) is 23.8 Å². The van der Waals surface area contributed by atoms with Gasteiger partial charge in [-0.1, -0.05) is 13.0 Å². The second-order valence-corrected chi connectivity index (χ2v) is 11.0. The van der Waals surface area contributed by atoms with Gasteiger partial charge in [-0.05, 0) is 70.6 Å². The molecule has 0 spiro atoms. The summed E-state index contributed by atoms with van der Waals surface area (Å²) in [4.78, 5) is 24.9. The number of aliphatic hydroxyl groups is 1. The van der Waals surface area contributed by atoms with Crippen LogP contribution in [0, 0.1) is 22.7 Å². The van der Waals surface area contributed by atoms with Crippen molar-refractivity contribution in [3.63, 3.8) is 0 Å². The van der Waals surface area contributed by atoms with Gasteiger partial charge in [-0.15, -0.1) is 0 Å². The van der Waals surface area contributed by atoms with Gasteiger partial charge in [0.05, 0.1) is 12.2 Å². The zero-order valence-electron chi connectivity index (χ0n) is 18.6. The number of ether oxygens (including phenoxy) is 2. The van der Waals surface area contributed by atoms with E-state index >= 15 is 8.78 Å². The third kappa shape index (κ3) is 2.25. The normalized spacial score (nSPS) is 54.5. The molecule has 5 nitrogen and oxygen atoms in total. The van der Waals surface area contributed by atoms with Crippen LogP contribution in [0.5, 0.6) is 0 Å². The van der Waals surface area contributed by atoms with Crippen LogP contribution >= 0.6 is 0 Å². The Bertz CT molecular complexity index is 942. The van der Waals surface area contributed by atoms with Crippen LogP contribution in [0.25, 0.3) is 0 Å². The lowest BCUT2D eigenvalue weighted by atomic mass is 9.44. The van der Waals surface area contributed by atoms with Gasteiger partial charge in [0.15, 0.2) is 28.6 Å². The third-order valence-electron chi connectivity index (χ3n) is 9.14. The first-order valence-electron chi connectivity index (χ1n) is 11.1. The van der Waals surface area contributed by atoms with E-state index in [9.17, 15) is 14.7 Å². The van der Waals surface area contributed by atoms with E-state index in [-0.39, 0.29) is 30.0 Å². The Morgan fingerprint density at radius 3 is 2.52 bits per heavy atom. The zero-order chi connectivity index (χ0) is 22.8. The summed E-state index contributed by atoms with van der Waals surface area (Å²) in [5.41, 5.74) is -5.75. The van der Waals surface area contributed by atoms with E-state index in [2.05, 4.69) is 0 Å². The van der Waals surface area contributed by atoms with Gasteiger partial charge in [0.1, 0.15) is 6.17 Å². The average molecular weight is 436 g/mol. The maximum Gasteiger partial charge on any atom is 0.178 e. The maximum absolute atomic E-state index is 17.1. The lowest BCUT2D eigenvalue weighted by Gasteiger charge is -2.63. The number of carbonyl (C=O) groups is 2. The van der Waals surface area contributed by atoms with E-state index in [1.54, 1.807) is 20.8 Å². The number of rotatable bonds is 1. The first kappa shape index (κ1) is 21.4. The number of fused-ring (bicyclic) bond motifs is 7. The van der Waals surface area contributed by atoms with Crippen LogP contribution in [-0.4, -0.2) is 52.1 Å². The van der Waals surface area contributed by atoms with Crippen LogP contribution < -0.4 is 0 Å². The smallest absolute Gasteiger partial charge is 0.178 e. The molecule has 1 heterocycles. The first-order chi connectivity index (χ1) is 14.2. The van der Waals surface area contributed by atoms with Crippen molar-refractivity contribution in [2.24, 2.45) is 22.7 Å². The molecule has 0 amide bonds. The van der Waals surface area contributed by atoms with E-state index in [1.807, 2.05) is 6.92 Å². The number of allylic oxidation sites excluding steroid dienone is 4. The Labute approximate surface area is 180 Å². The fourth-order valence-electron chi connectivity index (χ4n) is 7.95. The third-order valence-corrected chi connectivity index (χ3v) is 9.14. The van der Waals surface area contributed by atoms with Gasteiger partial charge in [0, 0.05) is 16.7 Å². The van der Waals surface area contributed by atoms with E-state index in [1.165, 1.54) is 25.2 Å². The minimum absolute atomic E-state index is 0.0121. The fraction of sp³-hybridized carbons (Fsp3) is 0.750. The summed E-state index contributed by atoms with van der Waals surface area (Å²) < 4.78 is 44.9. The van der Waals surface area contributed by atoms with Crippen LogP contribution in [-0.2, 0) is 19.1 Å². The van der Waals surface area contributed by atoms with Crippen LogP contribution in [0.2, 0.25) is 0 Å². The van der Waals surface area contributed by atoms with E-state index in [0.29, 0.717) is 6.42 Å². The Hall–Kier alpha value is -1.44. The molecule has 0 radical (unpaired) electrons. The van der Waals surface area contributed by atoms with Crippen molar-refractivity contribution in [1.82, 2.24) is 0 Å². The molecule has 170 valence electrons. The molecule has 9 atom stereocenters. The molecule has 0 aromatic carbocycles. The van der Waals surface area contributed by atoms with Gasteiger partial charge in [-0.3, -0.25) is 9.59 Å². The molecule has 0 bridgehead atoms. The molecule has 31 heavy (non-hydrogen) atoms. The minimum Gasteiger partial charge on any atom is -0.390 e. The molecule has 5 aliphatic rings. The number of hydrogen-bond acceptors (Lipinski definition) is 5. The highest BCUT2D eigenvalue weighted by molar-refractivity contribution is 6.01. The first-order valence-corrected chi connectivity index (χ1v) is 11.1. The van der Waals surface area contributed by atoms with Gasteiger partial charge in [0.2, 0.25) is 0 Å². The monoisotopic (exact) mass is 436 g/mol. The predicted molar refractivity (Wildman–Crippen MR) is 107 cm³/mol. The number of ketones is 2. The summed E-state index contributed by atoms with van der Waals surface area (Å²) in [5.74, 6) is -2.85. The van der Waals surface area contributed by atoms with Crippen molar-refractivity contribution in [1.29, 1.82) is 0 Å². The van der Waals surface area contributed by atoms with Crippen LogP contribution in [0.4, 0.5) is 8.78 Å². The Morgan fingerprint density at radius 1 is 1.19 bits per heavy atom. The number of halogens is 2. The van der Waals surface area contributed by atoms with Crippen LogP contribution in [0.1, 0.15) is 53.9 Å². The highest BCUT2D eigenvalue weighted by atomic mass is 19.1. The summed E-state index contributed by atoms with van der Waals surface area (Å²) in [5, 5.41) is 11.3. The van der Waals surface area contributed by atoms with Crippen molar-refractivity contribution in [3.8, 4) is 0 Å². The number of hydrogen-bond donors (Lipinski definition) is 1. The molecule has 0 aromatic rings. The molecular weight excluding hydrogens is 406 g/mol. The molecule has 0 aromatic heterocycles. The number of Topliss-reactive ketones (excluding diaryl/α,β-unsaturated/α-hetero) is 1. The largest absolute Gasteiger partial charge is 0.390 e. The van der Waals surface area contributed by atoms with Crippen molar-refractivity contribution >= 4 is 11.6 Å². The molecule has 7 heteroatoms. The molecule has 1 N–H and O–H groups in total. The minimum atomic E-state index is -2.17. The predicted octanol–water partition coefficient (Wildman–Crippen LogP) is 3.39. The highest BCUT2D eigenvalue weighted by Gasteiger charge is 2.80. The van der Waals surface area contributed by atoms with Crippen molar-refractivity contribution < 1.29 is 33.0 Å². The maximum atomic E-state index is 17.1. The fourth-order valence-corrected chi connectivity index (χ4v) is 7.95. The number of carbonyl (C=O) groups excluding carboxylic acids is 2. The molecular formula is C24H30F2O5. The molecule has 0 unspecified atom stereocenters. The second-order valence-electron chi connectivity index (χ2n) is 11.0. The Kier molecular flexibility index (Phi) is 4.08. The molecule has 1 saturated heterocycles. The molecule has 4 aliphatic carbocycles. The van der Waals surface area contributed by atoms with Crippen molar-refractivity contribution in [3.05, 3.63) is 23.8 Å². The van der Waals surface area contributed by atoms with E-state index in [0.717, 1.165) is 0 Å². The second kappa shape index (κ2) is 5.91. The van der Waals surface area contributed by atoms with Gasteiger partial charge in [-0.25, -0.2) is 8.78 Å². The SMILES string of the molecule is CC(=O)[C@@]12OC(C)(C)O[C@@H]1C[C@H]1[C@@H]3C[C@H](F)C4=CC(=O)C=C[C@]4(C)[C@@]3(F)[C@@H](O)C[C@@]12C. The Morgan fingerprint density at radius 2 is 1.87 bits per heavy atom. The van der Waals surface area contributed by atoms with Gasteiger partial charge < -0.3 is 14.6 Å².